The summed E-state index contributed by atoms with van der Waals surface area (Å²) in [5.74, 6) is 1.76. The molecule has 2 unspecified atom stereocenters. The molecule has 1 aliphatic heterocycles. The molecule has 0 bridgehead atoms. The molecule has 1 aromatic heterocycles. The standard InChI is InChI=1S/C18H25NO2/c1-3-16-13(9-10-20-16)11-19-12-15-14-7-5-6-8-18(14)21-17(15)4-2/h5-8,13,16,19H,3-4,9-12H2,1-2H3. The Morgan fingerprint density at radius 2 is 2.10 bits per heavy atom. The molecule has 1 N–H and O–H groups in total. The molecule has 2 atom stereocenters. The molecule has 0 radical (unpaired) electrons. The Balaban J connectivity index is 1.67. The third kappa shape index (κ3) is 2.99. The quantitative estimate of drug-likeness (QED) is 0.875. The fourth-order valence-corrected chi connectivity index (χ4v) is 3.39. The van der Waals surface area contributed by atoms with E-state index in [-0.39, 0.29) is 0 Å². The number of fused-ring (bicyclic) bond motifs is 1. The summed E-state index contributed by atoms with van der Waals surface area (Å²) in [6.45, 7) is 7.19. The van der Waals surface area contributed by atoms with Crippen molar-refractivity contribution in [2.45, 2.75) is 45.8 Å². The summed E-state index contributed by atoms with van der Waals surface area (Å²) in [5, 5.41) is 4.87. The van der Waals surface area contributed by atoms with E-state index in [2.05, 4.69) is 37.4 Å². The largest absolute Gasteiger partial charge is 0.461 e. The van der Waals surface area contributed by atoms with Crippen LogP contribution in [0.1, 0.15) is 38.0 Å². The average Bonchev–Trinajstić information content (AvgIpc) is 3.11. The number of benzene rings is 1. The minimum Gasteiger partial charge on any atom is -0.461 e. The van der Waals surface area contributed by atoms with Crippen LogP contribution in [0.5, 0.6) is 0 Å². The summed E-state index contributed by atoms with van der Waals surface area (Å²) in [4.78, 5) is 0. The van der Waals surface area contributed by atoms with E-state index in [4.69, 9.17) is 9.15 Å². The zero-order valence-electron chi connectivity index (χ0n) is 13.0. The van der Waals surface area contributed by atoms with E-state index in [9.17, 15) is 0 Å². The molecular weight excluding hydrogens is 262 g/mol. The number of hydrogen-bond acceptors (Lipinski definition) is 3. The zero-order chi connectivity index (χ0) is 14.7. The van der Waals surface area contributed by atoms with Gasteiger partial charge in [-0.2, -0.15) is 0 Å². The summed E-state index contributed by atoms with van der Waals surface area (Å²) in [6.07, 6.45) is 3.67. The van der Waals surface area contributed by atoms with Crippen LogP contribution in [0.3, 0.4) is 0 Å². The van der Waals surface area contributed by atoms with Crippen molar-refractivity contribution >= 4 is 11.0 Å². The topological polar surface area (TPSA) is 34.4 Å². The van der Waals surface area contributed by atoms with Gasteiger partial charge in [0.05, 0.1) is 6.10 Å². The van der Waals surface area contributed by atoms with Gasteiger partial charge in [0.1, 0.15) is 11.3 Å². The first kappa shape index (κ1) is 14.6. The molecule has 0 spiro atoms. The Morgan fingerprint density at radius 1 is 1.24 bits per heavy atom. The van der Waals surface area contributed by atoms with Crippen molar-refractivity contribution in [3.05, 3.63) is 35.6 Å². The van der Waals surface area contributed by atoms with Crippen LogP contribution in [0.4, 0.5) is 0 Å². The van der Waals surface area contributed by atoms with Gasteiger partial charge >= 0.3 is 0 Å². The minimum absolute atomic E-state index is 0.434. The number of rotatable bonds is 6. The van der Waals surface area contributed by atoms with Crippen LogP contribution in [0, 0.1) is 5.92 Å². The Hall–Kier alpha value is -1.32. The van der Waals surface area contributed by atoms with Gasteiger partial charge in [-0.3, -0.25) is 0 Å². The first-order valence-corrected chi connectivity index (χ1v) is 8.15. The van der Waals surface area contributed by atoms with Crippen molar-refractivity contribution < 1.29 is 9.15 Å². The number of aryl methyl sites for hydroxylation is 1. The van der Waals surface area contributed by atoms with Crippen molar-refractivity contribution in [1.82, 2.24) is 5.32 Å². The molecular formula is C18H25NO2. The average molecular weight is 287 g/mol. The Morgan fingerprint density at radius 3 is 2.90 bits per heavy atom. The lowest BCUT2D eigenvalue weighted by Crippen LogP contribution is -2.28. The number of ether oxygens (including phenoxy) is 1. The highest BCUT2D eigenvalue weighted by Crippen LogP contribution is 2.27. The fourth-order valence-electron chi connectivity index (χ4n) is 3.39. The van der Waals surface area contributed by atoms with E-state index in [0.29, 0.717) is 12.0 Å². The number of hydrogen-bond donors (Lipinski definition) is 1. The van der Waals surface area contributed by atoms with E-state index in [0.717, 1.165) is 43.9 Å². The van der Waals surface area contributed by atoms with Gasteiger partial charge in [0.25, 0.3) is 0 Å². The van der Waals surface area contributed by atoms with E-state index in [1.54, 1.807) is 0 Å². The predicted molar refractivity (Wildman–Crippen MR) is 85.4 cm³/mol. The SMILES string of the molecule is CCc1oc2ccccc2c1CNCC1CCOC1CC. The molecule has 0 amide bonds. The van der Waals surface area contributed by atoms with Crippen LogP contribution in [-0.2, 0) is 17.7 Å². The van der Waals surface area contributed by atoms with Crippen molar-refractivity contribution in [3.8, 4) is 0 Å². The third-order valence-electron chi connectivity index (χ3n) is 4.56. The summed E-state index contributed by atoms with van der Waals surface area (Å²) in [5.41, 5.74) is 2.32. The smallest absolute Gasteiger partial charge is 0.134 e. The van der Waals surface area contributed by atoms with Crippen LogP contribution in [0.25, 0.3) is 11.0 Å². The third-order valence-corrected chi connectivity index (χ3v) is 4.56. The van der Waals surface area contributed by atoms with E-state index in [1.807, 2.05) is 6.07 Å². The van der Waals surface area contributed by atoms with Gasteiger partial charge in [-0.05, 0) is 24.8 Å². The van der Waals surface area contributed by atoms with Gasteiger partial charge in [-0.25, -0.2) is 0 Å². The second-order valence-corrected chi connectivity index (χ2v) is 5.85. The van der Waals surface area contributed by atoms with Crippen molar-refractivity contribution in [2.24, 2.45) is 5.92 Å². The van der Waals surface area contributed by atoms with Crippen LogP contribution in [0.15, 0.2) is 28.7 Å². The highest BCUT2D eigenvalue weighted by molar-refractivity contribution is 5.82. The molecule has 3 heteroatoms. The monoisotopic (exact) mass is 287 g/mol. The van der Waals surface area contributed by atoms with Crippen LogP contribution in [-0.4, -0.2) is 19.3 Å². The Labute approximate surface area is 126 Å². The highest BCUT2D eigenvalue weighted by atomic mass is 16.5. The molecule has 1 aliphatic rings. The Kier molecular flexibility index (Phi) is 4.61. The first-order valence-electron chi connectivity index (χ1n) is 8.15. The fraction of sp³-hybridized carbons (Fsp3) is 0.556. The van der Waals surface area contributed by atoms with Gasteiger partial charge < -0.3 is 14.5 Å². The van der Waals surface area contributed by atoms with E-state index >= 15 is 0 Å². The second kappa shape index (κ2) is 6.63. The number of furan rings is 1. The minimum atomic E-state index is 0.434. The van der Waals surface area contributed by atoms with Gasteiger partial charge in [0, 0.05) is 37.1 Å². The summed E-state index contributed by atoms with van der Waals surface area (Å²) >= 11 is 0. The van der Waals surface area contributed by atoms with Gasteiger partial charge in [-0.1, -0.05) is 32.0 Å². The first-order chi connectivity index (χ1) is 10.3. The predicted octanol–water partition coefficient (Wildman–Crippen LogP) is 3.90. The highest BCUT2D eigenvalue weighted by Gasteiger charge is 2.26. The normalized spacial score (nSPS) is 22.2. The maximum absolute atomic E-state index is 5.95. The second-order valence-electron chi connectivity index (χ2n) is 5.85. The van der Waals surface area contributed by atoms with Crippen molar-refractivity contribution in [1.29, 1.82) is 0 Å². The molecule has 114 valence electrons. The van der Waals surface area contributed by atoms with E-state index in [1.165, 1.54) is 17.4 Å². The lowest BCUT2D eigenvalue weighted by atomic mass is 9.99. The summed E-state index contributed by atoms with van der Waals surface area (Å²) < 4.78 is 11.7. The molecule has 0 aliphatic carbocycles. The zero-order valence-corrected chi connectivity index (χ0v) is 13.0. The Bertz CT molecular complexity index is 590. The molecule has 1 fully saturated rings. The maximum Gasteiger partial charge on any atom is 0.134 e. The van der Waals surface area contributed by atoms with Crippen LogP contribution >= 0.6 is 0 Å². The van der Waals surface area contributed by atoms with Gasteiger partial charge in [0.2, 0.25) is 0 Å². The lowest BCUT2D eigenvalue weighted by Gasteiger charge is -2.17. The number of para-hydroxylation sites is 1. The molecule has 3 nitrogen and oxygen atoms in total. The van der Waals surface area contributed by atoms with Crippen molar-refractivity contribution in [2.75, 3.05) is 13.2 Å². The summed E-state index contributed by atoms with van der Waals surface area (Å²) in [7, 11) is 0. The van der Waals surface area contributed by atoms with Gasteiger partial charge in [-0.15, -0.1) is 0 Å². The maximum atomic E-state index is 5.95. The molecule has 2 aromatic rings. The van der Waals surface area contributed by atoms with E-state index < -0.39 is 0 Å². The molecule has 21 heavy (non-hydrogen) atoms. The van der Waals surface area contributed by atoms with Gasteiger partial charge in [0.15, 0.2) is 0 Å². The lowest BCUT2D eigenvalue weighted by molar-refractivity contribution is 0.0872. The van der Waals surface area contributed by atoms with Crippen molar-refractivity contribution in [3.63, 3.8) is 0 Å². The molecule has 2 heterocycles. The molecule has 1 aromatic carbocycles. The molecule has 1 saturated heterocycles. The molecule has 3 rings (SSSR count). The van der Waals surface area contributed by atoms with Crippen LogP contribution in [0.2, 0.25) is 0 Å². The summed E-state index contributed by atoms with van der Waals surface area (Å²) in [6, 6.07) is 8.32. The number of nitrogens with one attached hydrogen (secondary N) is 1. The molecule has 0 saturated carbocycles. The van der Waals surface area contributed by atoms with Crippen LogP contribution < -0.4 is 5.32 Å².